The number of methoxy groups -OCH3 is 1. The van der Waals surface area contributed by atoms with Gasteiger partial charge in [0.1, 0.15) is 21.8 Å². The number of carbonyl (C=O) groups excluding carboxylic acids is 2. The third kappa shape index (κ3) is 3.82. The van der Waals surface area contributed by atoms with E-state index in [4.69, 9.17) is 9.47 Å². The van der Waals surface area contributed by atoms with Crippen molar-refractivity contribution < 1.29 is 19.1 Å². The summed E-state index contributed by atoms with van der Waals surface area (Å²) >= 11 is 1.23. The monoisotopic (exact) mass is 386 g/mol. The van der Waals surface area contributed by atoms with Crippen LogP contribution in [0.1, 0.15) is 32.5 Å². The molecule has 0 spiro atoms. The van der Waals surface area contributed by atoms with Crippen LogP contribution in [0.2, 0.25) is 0 Å². The van der Waals surface area contributed by atoms with Gasteiger partial charge in [-0.2, -0.15) is 0 Å². The Balaban J connectivity index is 1.84. The molecule has 0 fully saturated rings. The van der Waals surface area contributed by atoms with Crippen molar-refractivity contribution >= 4 is 39.2 Å². The fraction of sp³-hybridized carbons (Fsp3) is 0.222. The molecule has 2 N–H and O–H groups in total. The Morgan fingerprint density at radius 2 is 2.07 bits per heavy atom. The lowest BCUT2D eigenvalue weighted by Crippen LogP contribution is -2.30. The van der Waals surface area contributed by atoms with Crippen LogP contribution in [0.15, 0.2) is 30.6 Å². The number of hydrogen-bond acceptors (Lipinski definition) is 8. The van der Waals surface area contributed by atoms with Crippen molar-refractivity contribution in [1.29, 1.82) is 0 Å². The SMILES string of the molecule is CCOC(=O)c1sc2ncnc(NNC(=O)c3cccc(OC)c3)c2c1C. The molecule has 0 atom stereocenters. The molecule has 0 bridgehead atoms. The maximum Gasteiger partial charge on any atom is 0.348 e. The summed E-state index contributed by atoms with van der Waals surface area (Å²) < 4.78 is 10.2. The molecule has 8 nitrogen and oxygen atoms in total. The average Bonchev–Trinajstić information content (AvgIpc) is 3.03. The highest BCUT2D eigenvalue weighted by Crippen LogP contribution is 2.33. The van der Waals surface area contributed by atoms with E-state index in [0.717, 1.165) is 0 Å². The van der Waals surface area contributed by atoms with Gasteiger partial charge in [0.25, 0.3) is 5.91 Å². The predicted molar refractivity (Wildman–Crippen MR) is 102 cm³/mol. The molecule has 0 unspecified atom stereocenters. The van der Waals surface area contributed by atoms with Gasteiger partial charge in [-0.3, -0.25) is 15.6 Å². The number of nitrogens with one attached hydrogen (secondary N) is 2. The molecule has 0 saturated heterocycles. The number of hydrogen-bond donors (Lipinski definition) is 2. The first-order valence-corrected chi connectivity index (χ1v) is 8.98. The van der Waals surface area contributed by atoms with Crippen LogP contribution in [0.25, 0.3) is 10.2 Å². The van der Waals surface area contributed by atoms with Gasteiger partial charge < -0.3 is 9.47 Å². The third-order valence-corrected chi connectivity index (χ3v) is 4.99. The summed E-state index contributed by atoms with van der Waals surface area (Å²) in [5.74, 6) is 0.240. The first-order valence-electron chi connectivity index (χ1n) is 8.16. The Hall–Kier alpha value is -3.20. The van der Waals surface area contributed by atoms with Crippen LogP contribution in [0.4, 0.5) is 5.82 Å². The van der Waals surface area contributed by atoms with Gasteiger partial charge in [-0.1, -0.05) is 6.07 Å². The van der Waals surface area contributed by atoms with Crippen molar-refractivity contribution in [2.24, 2.45) is 0 Å². The van der Waals surface area contributed by atoms with E-state index in [0.29, 0.717) is 44.4 Å². The van der Waals surface area contributed by atoms with Crippen molar-refractivity contribution in [3.8, 4) is 5.75 Å². The summed E-state index contributed by atoms with van der Waals surface area (Å²) in [5.41, 5.74) is 6.55. The van der Waals surface area contributed by atoms with E-state index < -0.39 is 5.97 Å². The van der Waals surface area contributed by atoms with Gasteiger partial charge in [0, 0.05) is 5.56 Å². The molecule has 9 heteroatoms. The molecule has 3 rings (SSSR count). The van der Waals surface area contributed by atoms with Gasteiger partial charge in [0.2, 0.25) is 0 Å². The van der Waals surface area contributed by atoms with Gasteiger partial charge in [0.15, 0.2) is 5.82 Å². The Morgan fingerprint density at radius 1 is 1.26 bits per heavy atom. The Bertz CT molecular complexity index is 1000. The number of hydrazine groups is 1. The minimum atomic E-state index is -0.399. The summed E-state index contributed by atoms with van der Waals surface area (Å²) in [6, 6.07) is 6.78. The van der Waals surface area contributed by atoms with E-state index in [9.17, 15) is 9.59 Å². The zero-order chi connectivity index (χ0) is 19.4. The van der Waals surface area contributed by atoms with Crippen LogP contribution in [-0.2, 0) is 4.74 Å². The number of anilines is 1. The lowest BCUT2D eigenvalue weighted by Gasteiger charge is -2.10. The second kappa shape index (κ2) is 8.00. The fourth-order valence-corrected chi connectivity index (χ4v) is 3.55. The number of aryl methyl sites for hydroxylation is 1. The topological polar surface area (TPSA) is 102 Å². The normalized spacial score (nSPS) is 10.5. The molecule has 0 aliphatic rings. The van der Waals surface area contributed by atoms with E-state index in [1.807, 2.05) is 0 Å². The summed E-state index contributed by atoms with van der Waals surface area (Å²) in [6.07, 6.45) is 1.37. The number of benzene rings is 1. The number of carbonyl (C=O) groups is 2. The molecule has 0 aliphatic heterocycles. The van der Waals surface area contributed by atoms with Crippen molar-refractivity contribution in [3.05, 3.63) is 46.6 Å². The van der Waals surface area contributed by atoms with E-state index in [-0.39, 0.29) is 5.91 Å². The van der Waals surface area contributed by atoms with Crippen molar-refractivity contribution in [2.45, 2.75) is 13.8 Å². The minimum Gasteiger partial charge on any atom is -0.497 e. The molecule has 3 aromatic rings. The van der Waals surface area contributed by atoms with Crippen molar-refractivity contribution in [1.82, 2.24) is 15.4 Å². The standard InChI is InChI=1S/C18H18N4O4S/c1-4-26-18(24)14-10(2)13-15(19-9-20-17(13)27-14)21-22-16(23)11-6-5-7-12(8-11)25-3/h5-9H,4H2,1-3H3,(H,22,23)(H,19,20,21). The molecule has 140 valence electrons. The van der Waals surface area contributed by atoms with Crippen LogP contribution in [0.3, 0.4) is 0 Å². The number of rotatable bonds is 6. The number of esters is 1. The number of nitrogens with zero attached hydrogens (tertiary/aromatic N) is 2. The van der Waals surface area contributed by atoms with Crippen molar-refractivity contribution in [3.63, 3.8) is 0 Å². The first kappa shape index (κ1) is 18.6. The Kier molecular flexibility index (Phi) is 5.51. The molecule has 0 aliphatic carbocycles. The summed E-state index contributed by atoms with van der Waals surface area (Å²) in [7, 11) is 1.54. The summed E-state index contributed by atoms with van der Waals surface area (Å²) in [6.45, 7) is 3.84. The van der Waals surface area contributed by atoms with E-state index in [2.05, 4.69) is 20.8 Å². The van der Waals surface area contributed by atoms with Crippen LogP contribution in [-0.4, -0.2) is 35.6 Å². The predicted octanol–water partition coefficient (Wildman–Crippen LogP) is 2.94. The van der Waals surface area contributed by atoms with Crippen LogP contribution in [0.5, 0.6) is 5.75 Å². The molecule has 1 aromatic carbocycles. The van der Waals surface area contributed by atoms with Gasteiger partial charge in [0.05, 0.1) is 19.1 Å². The third-order valence-electron chi connectivity index (χ3n) is 3.81. The quantitative estimate of drug-likeness (QED) is 0.496. The maximum absolute atomic E-state index is 12.4. The van der Waals surface area contributed by atoms with E-state index >= 15 is 0 Å². The second-order valence-electron chi connectivity index (χ2n) is 5.49. The molecule has 2 heterocycles. The molecule has 27 heavy (non-hydrogen) atoms. The summed E-state index contributed by atoms with van der Waals surface area (Å²) in [5, 5.41) is 0.663. The molecule has 0 radical (unpaired) electrons. The lowest BCUT2D eigenvalue weighted by atomic mass is 10.2. The van der Waals surface area contributed by atoms with Gasteiger partial charge in [-0.25, -0.2) is 14.8 Å². The molecular formula is C18H18N4O4S. The zero-order valence-corrected chi connectivity index (χ0v) is 15.8. The second-order valence-corrected chi connectivity index (χ2v) is 6.49. The maximum atomic E-state index is 12.4. The number of fused-ring (bicyclic) bond motifs is 1. The number of amides is 1. The van der Waals surface area contributed by atoms with Gasteiger partial charge in [-0.15, -0.1) is 11.3 Å². The largest absolute Gasteiger partial charge is 0.497 e. The fourth-order valence-electron chi connectivity index (χ4n) is 2.51. The minimum absolute atomic E-state index is 0.292. The molecule has 1 amide bonds. The van der Waals surface area contributed by atoms with Crippen LogP contribution in [0, 0.1) is 6.92 Å². The smallest absolute Gasteiger partial charge is 0.348 e. The van der Waals surface area contributed by atoms with Gasteiger partial charge >= 0.3 is 5.97 Å². The van der Waals surface area contributed by atoms with Crippen LogP contribution < -0.4 is 15.6 Å². The molecule has 2 aromatic heterocycles. The van der Waals surface area contributed by atoms with Crippen LogP contribution >= 0.6 is 11.3 Å². The highest BCUT2D eigenvalue weighted by Gasteiger charge is 2.20. The number of ether oxygens (including phenoxy) is 2. The molecular weight excluding hydrogens is 368 g/mol. The average molecular weight is 386 g/mol. The van der Waals surface area contributed by atoms with E-state index in [1.54, 1.807) is 38.1 Å². The highest BCUT2D eigenvalue weighted by molar-refractivity contribution is 7.20. The highest BCUT2D eigenvalue weighted by atomic mass is 32.1. The van der Waals surface area contributed by atoms with Gasteiger partial charge in [-0.05, 0) is 37.6 Å². The number of aromatic nitrogens is 2. The summed E-state index contributed by atoms with van der Waals surface area (Å²) in [4.78, 5) is 33.9. The van der Waals surface area contributed by atoms with E-state index in [1.165, 1.54) is 24.8 Å². The zero-order valence-electron chi connectivity index (χ0n) is 15.0. The van der Waals surface area contributed by atoms with Crippen molar-refractivity contribution in [2.75, 3.05) is 19.1 Å². The number of thiophene rings is 1. The Labute approximate surface area is 159 Å². The Morgan fingerprint density at radius 3 is 2.81 bits per heavy atom. The lowest BCUT2D eigenvalue weighted by molar-refractivity contribution is 0.0531. The molecule has 0 saturated carbocycles. The first-order chi connectivity index (χ1) is 13.0.